The number of hydrogen-bond donors (Lipinski definition) is 1. The van der Waals surface area contributed by atoms with Gasteiger partial charge in [-0.3, -0.25) is 14.4 Å². The number of ether oxygens (including phenoxy) is 1. The minimum atomic E-state index is -0.288. The molecule has 5 heteroatoms. The Kier molecular flexibility index (Phi) is 7.79. The zero-order valence-electron chi connectivity index (χ0n) is 21.1. The Labute approximate surface area is 204 Å². The number of ketones is 1. The van der Waals surface area contributed by atoms with Crippen LogP contribution in [0.25, 0.3) is 0 Å². The molecule has 2 saturated carbocycles. The fourth-order valence-electron chi connectivity index (χ4n) is 7.41. The van der Waals surface area contributed by atoms with Gasteiger partial charge in [-0.2, -0.15) is 0 Å². The zero-order chi connectivity index (χ0) is 24.3. The fourth-order valence-corrected chi connectivity index (χ4v) is 7.41. The van der Waals surface area contributed by atoms with Gasteiger partial charge >= 0.3 is 5.97 Å². The Morgan fingerprint density at radius 3 is 2.76 bits per heavy atom. The third-order valence-corrected chi connectivity index (χ3v) is 8.94. The minimum absolute atomic E-state index is 0.0672. The van der Waals surface area contributed by atoms with Crippen LogP contribution in [0, 0.1) is 23.2 Å². The Bertz CT molecular complexity index is 911. The molecule has 1 aromatic rings. The highest BCUT2D eigenvalue weighted by Crippen LogP contribution is 2.62. The molecule has 0 radical (unpaired) electrons. The molecule has 1 aromatic carbocycles. The number of Topliss-reactive ketones (excluding diaryl/α,β-unsaturated/α-hetero) is 1. The van der Waals surface area contributed by atoms with Crippen LogP contribution in [0.3, 0.4) is 0 Å². The van der Waals surface area contributed by atoms with E-state index < -0.39 is 0 Å². The van der Waals surface area contributed by atoms with Gasteiger partial charge in [0.2, 0.25) is 5.91 Å². The summed E-state index contributed by atoms with van der Waals surface area (Å²) in [4.78, 5) is 36.2. The van der Waals surface area contributed by atoms with Gasteiger partial charge < -0.3 is 10.1 Å². The first-order valence-electron chi connectivity index (χ1n) is 13.3. The maximum atomic E-state index is 12.9. The first kappa shape index (κ1) is 24.9. The molecule has 0 bridgehead atoms. The number of amides is 1. The highest BCUT2D eigenvalue weighted by atomic mass is 16.5. The molecule has 0 saturated heterocycles. The smallest absolute Gasteiger partial charge is 0.302 e. The molecule has 0 heterocycles. The molecule has 4 rings (SSSR count). The number of aryl methyl sites for hydroxylation is 1. The lowest BCUT2D eigenvalue weighted by atomic mass is 9.51. The normalized spacial score (nSPS) is 30.6. The first-order chi connectivity index (χ1) is 16.3. The fraction of sp³-hybridized carbons (Fsp3) is 0.690. The van der Waals surface area contributed by atoms with Crippen molar-refractivity contribution >= 4 is 17.7 Å². The van der Waals surface area contributed by atoms with Crippen LogP contribution in [0.15, 0.2) is 24.3 Å². The van der Waals surface area contributed by atoms with Crippen LogP contribution < -0.4 is 5.32 Å². The molecule has 1 unspecified atom stereocenters. The number of esters is 1. The van der Waals surface area contributed by atoms with E-state index in [4.69, 9.17) is 4.74 Å². The maximum absolute atomic E-state index is 12.9. The van der Waals surface area contributed by atoms with E-state index >= 15 is 0 Å². The van der Waals surface area contributed by atoms with E-state index in [2.05, 4.69) is 36.5 Å². The predicted octanol–water partition coefficient (Wildman–Crippen LogP) is 5.36. The average molecular weight is 468 g/mol. The summed E-state index contributed by atoms with van der Waals surface area (Å²) >= 11 is 0. The van der Waals surface area contributed by atoms with Crippen LogP contribution in [-0.4, -0.2) is 30.3 Å². The van der Waals surface area contributed by atoms with E-state index in [1.807, 2.05) is 6.92 Å². The van der Waals surface area contributed by atoms with E-state index in [-0.39, 0.29) is 23.4 Å². The Morgan fingerprint density at radius 1 is 1.18 bits per heavy atom. The van der Waals surface area contributed by atoms with Gasteiger partial charge in [0, 0.05) is 38.1 Å². The molecule has 3 aliphatic carbocycles. The predicted molar refractivity (Wildman–Crippen MR) is 132 cm³/mol. The lowest BCUT2D eigenvalue weighted by Gasteiger charge is -2.52. The van der Waals surface area contributed by atoms with Crippen molar-refractivity contribution in [3.05, 3.63) is 35.4 Å². The molecule has 186 valence electrons. The number of unbranched alkanes of at least 4 members (excludes halogenated alkanes) is 1. The standard InChI is InChI=1S/C29H41NO4/c1-19(34-20(2)31)16-17-30-27(33)11-7-5-9-22-18-29(3)25(14-15-26(29)32)24-13-12-21-8-4-6-10-23(21)28(22)24/h4,6,8,10,19,22,24-25,28H,5,7,9,11-18H2,1-3H3,(H,30,33)/t19?,22-,24-,25-,28+,29-/m0/s1. The van der Waals surface area contributed by atoms with Gasteiger partial charge in [-0.15, -0.1) is 0 Å². The molecular formula is C29H41NO4. The van der Waals surface area contributed by atoms with Crippen LogP contribution in [-0.2, 0) is 25.5 Å². The molecule has 1 N–H and O–H groups in total. The summed E-state index contributed by atoms with van der Waals surface area (Å²) in [6, 6.07) is 8.97. The van der Waals surface area contributed by atoms with Gasteiger partial charge in [0.25, 0.3) is 0 Å². The molecule has 0 aliphatic heterocycles. The summed E-state index contributed by atoms with van der Waals surface area (Å²) in [5.41, 5.74) is 2.89. The summed E-state index contributed by atoms with van der Waals surface area (Å²) in [7, 11) is 0. The zero-order valence-corrected chi connectivity index (χ0v) is 21.1. The third kappa shape index (κ3) is 5.23. The van der Waals surface area contributed by atoms with Gasteiger partial charge in [-0.1, -0.05) is 37.6 Å². The van der Waals surface area contributed by atoms with Gasteiger partial charge in [-0.05, 0) is 80.2 Å². The third-order valence-electron chi connectivity index (χ3n) is 8.94. The number of benzene rings is 1. The lowest BCUT2D eigenvalue weighted by molar-refractivity contribution is -0.145. The van der Waals surface area contributed by atoms with Crippen molar-refractivity contribution in [1.29, 1.82) is 0 Å². The van der Waals surface area contributed by atoms with Crippen molar-refractivity contribution in [2.45, 2.75) is 97.0 Å². The largest absolute Gasteiger partial charge is 0.463 e. The monoisotopic (exact) mass is 467 g/mol. The Balaban J connectivity index is 1.32. The summed E-state index contributed by atoms with van der Waals surface area (Å²) in [6.45, 7) is 6.02. The second-order valence-electron chi connectivity index (χ2n) is 11.2. The molecule has 0 spiro atoms. The first-order valence-corrected chi connectivity index (χ1v) is 13.3. The summed E-state index contributed by atoms with van der Waals surface area (Å²) in [5, 5.41) is 2.95. The number of nitrogens with one attached hydrogen (secondary N) is 1. The number of hydrogen-bond acceptors (Lipinski definition) is 4. The maximum Gasteiger partial charge on any atom is 0.302 e. The topological polar surface area (TPSA) is 72.5 Å². The van der Waals surface area contributed by atoms with Crippen LogP contribution in [0.4, 0.5) is 0 Å². The summed E-state index contributed by atoms with van der Waals surface area (Å²) < 4.78 is 5.10. The van der Waals surface area contributed by atoms with Crippen molar-refractivity contribution in [3.63, 3.8) is 0 Å². The molecule has 34 heavy (non-hydrogen) atoms. The van der Waals surface area contributed by atoms with Crippen LogP contribution in [0.5, 0.6) is 0 Å². The van der Waals surface area contributed by atoms with Crippen LogP contribution in [0.1, 0.15) is 95.6 Å². The van der Waals surface area contributed by atoms with Gasteiger partial charge in [-0.25, -0.2) is 0 Å². The molecule has 6 atom stereocenters. The second-order valence-corrected chi connectivity index (χ2v) is 11.2. The van der Waals surface area contributed by atoms with Crippen molar-refractivity contribution in [2.24, 2.45) is 23.2 Å². The number of fused-ring (bicyclic) bond motifs is 5. The van der Waals surface area contributed by atoms with Gasteiger partial charge in [0.15, 0.2) is 0 Å². The molecule has 1 amide bonds. The van der Waals surface area contributed by atoms with Gasteiger partial charge in [0.1, 0.15) is 11.9 Å². The van der Waals surface area contributed by atoms with E-state index in [9.17, 15) is 14.4 Å². The van der Waals surface area contributed by atoms with Crippen LogP contribution >= 0.6 is 0 Å². The molecule has 3 aliphatic rings. The van der Waals surface area contributed by atoms with E-state index in [0.717, 1.165) is 44.9 Å². The van der Waals surface area contributed by atoms with Crippen molar-refractivity contribution in [1.82, 2.24) is 5.32 Å². The summed E-state index contributed by atoms with van der Waals surface area (Å²) in [5.74, 6) is 2.50. The number of carbonyl (C=O) groups excluding carboxylic acids is 3. The average Bonchev–Trinajstić information content (AvgIpc) is 3.10. The molecule has 2 fully saturated rings. The number of rotatable bonds is 9. The lowest BCUT2D eigenvalue weighted by Crippen LogP contribution is -2.46. The van der Waals surface area contributed by atoms with E-state index in [0.29, 0.717) is 48.8 Å². The Hall–Kier alpha value is -2.17. The van der Waals surface area contributed by atoms with E-state index in [1.54, 1.807) is 0 Å². The minimum Gasteiger partial charge on any atom is -0.463 e. The van der Waals surface area contributed by atoms with Crippen molar-refractivity contribution in [3.8, 4) is 0 Å². The molecular weight excluding hydrogens is 426 g/mol. The van der Waals surface area contributed by atoms with E-state index in [1.165, 1.54) is 24.5 Å². The second kappa shape index (κ2) is 10.6. The van der Waals surface area contributed by atoms with Gasteiger partial charge in [0.05, 0.1) is 0 Å². The molecule has 5 nitrogen and oxygen atoms in total. The van der Waals surface area contributed by atoms with Crippen LogP contribution in [0.2, 0.25) is 0 Å². The highest BCUT2D eigenvalue weighted by Gasteiger charge is 2.57. The van der Waals surface area contributed by atoms with Crippen molar-refractivity contribution in [2.75, 3.05) is 6.54 Å². The quantitative estimate of drug-likeness (QED) is 0.392. The highest BCUT2D eigenvalue weighted by molar-refractivity contribution is 5.87. The summed E-state index contributed by atoms with van der Waals surface area (Å²) in [6.07, 6.45) is 9.13. The Morgan fingerprint density at radius 2 is 1.97 bits per heavy atom. The number of carbonyl (C=O) groups is 3. The van der Waals surface area contributed by atoms with Crippen molar-refractivity contribution < 1.29 is 19.1 Å². The molecule has 0 aromatic heterocycles. The SMILES string of the molecule is CC(=O)OC(C)CCNC(=O)CCCC[C@H]1C[C@]2(C)C(=O)CC[C@H]2[C@@H]2CCc3ccccc3[C@@H]12.